The number of piperazine rings is 1. The lowest BCUT2D eigenvalue weighted by Crippen LogP contribution is -2.51. The van der Waals surface area contributed by atoms with Crippen molar-refractivity contribution in [3.8, 4) is 5.75 Å². The lowest BCUT2D eigenvalue weighted by Gasteiger charge is -2.41. The number of alkyl halides is 3. The number of carbonyl (C=O) groups is 1. The van der Waals surface area contributed by atoms with Gasteiger partial charge < -0.3 is 9.64 Å². The first-order valence-corrected chi connectivity index (χ1v) is 9.44. The summed E-state index contributed by atoms with van der Waals surface area (Å²) in [6, 6.07) is 4.38. The number of benzene rings is 1. The summed E-state index contributed by atoms with van der Waals surface area (Å²) in [6.07, 6.45) is -2.75. The van der Waals surface area contributed by atoms with Gasteiger partial charge in [0.2, 0.25) is 0 Å². The summed E-state index contributed by atoms with van der Waals surface area (Å²) in [5.74, 6) is -0.902. The molecule has 1 atom stereocenters. The van der Waals surface area contributed by atoms with E-state index in [0.29, 0.717) is 44.0 Å². The monoisotopic (exact) mass is 425 g/mol. The van der Waals surface area contributed by atoms with Gasteiger partial charge in [-0.15, -0.1) is 5.10 Å². The van der Waals surface area contributed by atoms with E-state index < -0.39 is 17.6 Å². The largest absolute Gasteiger partial charge is 0.493 e. The average molecular weight is 425 g/mol. The Hall–Kier alpha value is -2.95. The number of urea groups is 1. The fourth-order valence-corrected chi connectivity index (χ4v) is 3.78. The highest BCUT2D eigenvalue weighted by Gasteiger charge is 2.38. The van der Waals surface area contributed by atoms with Gasteiger partial charge in [0.25, 0.3) is 0 Å². The van der Waals surface area contributed by atoms with E-state index in [1.165, 1.54) is 6.20 Å². The zero-order valence-corrected chi connectivity index (χ0v) is 15.8. The standard InChI is InChI=1S/C19H19F4N5O2/c20-14-10-12-15(3-9-30-16(12)11-13(14)19(21,22)23)27-5-7-28(8-6-27)18(29)25-17-2-1-4-24-26-17/h1-2,4,10-11,15H,3,5-9H2,(H,25,26,29). The Labute approximate surface area is 169 Å². The minimum atomic E-state index is -4.78. The van der Waals surface area contributed by atoms with Gasteiger partial charge in [-0.05, 0) is 24.3 Å². The Morgan fingerprint density at radius 3 is 2.63 bits per heavy atom. The van der Waals surface area contributed by atoms with E-state index in [2.05, 4.69) is 15.5 Å². The summed E-state index contributed by atoms with van der Waals surface area (Å²) < 4.78 is 58.5. The van der Waals surface area contributed by atoms with Crippen molar-refractivity contribution in [3.63, 3.8) is 0 Å². The van der Waals surface area contributed by atoms with Gasteiger partial charge in [0.1, 0.15) is 11.6 Å². The van der Waals surface area contributed by atoms with E-state index in [1.807, 2.05) is 4.90 Å². The molecule has 3 heterocycles. The Morgan fingerprint density at radius 2 is 1.97 bits per heavy atom. The molecule has 1 N–H and O–H groups in total. The second-order valence-corrected chi connectivity index (χ2v) is 7.08. The van der Waals surface area contributed by atoms with Crippen LogP contribution in [-0.4, -0.2) is 58.8 Å². The first-order valence-electron chi connectivity index (χ1n) is 9.44. The Kier molecular flexibility index (Phi) is 5.46. The Morgan fingerprint density at radius 1 is 1.20 bits per heavy atom. The number of nitrogens with one attached hydrogen (secondary N) is 1. The maximum Gasteiger partial charge on any atom is 0.419 e. The number of amides is 2. The molecule has 1 aromatic heterocycles. The fourth-order valence-electron chi connectivity index (χ4n) is 3.78. The summed E-state index contributed by atoms with van der Waals surface area (Å²) in [6.45, 7) is 2.08. The van der Waals surface area contributed by atoms with Crippen molar-refractivity contribution in [2.45, 2.75) is 18.6 Å². The van der Waals surface area contributed by atoms with Gasteiger partial charge in [-0.3, -0.25) is 10.2 Å². The van der Waals surface area contributed by atoms with Crippen molar-refractivity contribution in [2.24, 2.45) is 0 Å². The molecular weight excluding hydrogens is 406 g/mol. The molecule has 0 aliphatic carbocycles. The predicted octanol–water partition coefficient (Wildman–Crippen LogP) is 3.31. The summed E-state index contributed by atoms with van der Waals surface area (Å²) >= 11 is 0. The molecule has 0 spiro atoms. The quantitative estimate of drug-likeness (QED) is 0.748. The molecule has 11 heteroatoms. The maximum atomic E-state index is 14.1. The SMILES string of the molecule is O=C(Nc1cccnn1)N1CCN(C2CCOc3cc(C(F)(F)F)c(F)cc32)CC1. The second kappa shape index (κ2) is 8.05. The number of nitrogens with zero attached hydrogens (tertiary/aromatic N) is 4. The van der Waals surface area contributed by atoms with Crippen molar-refractivity contribution in [3.05, 3.63) is 47.4 Å². The summed E-state index contributed by atoms with van der Waals surface area (Å²) in [7, 11) is 0. The van der Waals surface area contributed by atoms with E-state index in [1.54, 1.807) is 17.0 Å². The van der Waals surface area contributed by atoms with Crippen LogP contribution in [0.2, 0.25) is 0 Å². The molecule has 7 nitrogen and oxygen atoms in total. The predicted molar refractivity (Wildman–Crippen MR) is 98.5 cm³/mol. The number of aromatic nitrogens is 2. The van der Waals surface area contributed by atoms with Crippen molar-refractivity contribution in [1.29, 1.82) is 0 Å². The molecule has 2 amide bonds. The molecule has 2 aliphatic rings. The molecule has 1 fully saturated rings. The van der Waals surface area contributed by atoms with Crippen molar-refractivity contribution >= 4 is 11.8 Å². The highest BCUT2D eigenvalue weighted by atomic mass is 19.4. The molecule has 1 saturated heterocycles. The van der Waals surface area contributed by atoms with Crippen LogP contribution in [-0.2, 0) is 6.18 Å². The molecule has 0 radical (unpaired) electrons. The first-order chi connectivity index (χ1) is 14.3. The second-order valence-electron chi connectivity index (χ2n) is 7.08. The van der Waals surface area contributed by atoms with Gasteiger partial charge in [-0.25, -0.2) is 9.18 Å². The molecule has 0 bridgehead atoms. The van der Waals surface area contributed by atoms with Crippen LogP contribution in [0.4, 0.5) is 28.2 Å². The Bertz CT molecular complexity index is 917. The number of rotatable bonds is 2. The van der Waals surface area contributed by atoms with Gasteiger partial charge in [0, 0.05) is 50.4 Å². The third-order valence-electron chi connectivity index (χ3n) is 5.26. The molecule has 4 rings (SSSR count). The highest BCUT2D eigenvalue weighted by molar-refractivity contribution is 5.88. The molecule has 1 aromatic carbocycles. The molecule has 2 aliphatic heterocycles. The molecule has 0 saturated carbocycles. The van der Waals surface area contributed by atoms with Crippen LogP contribution >= 0.6 is 0 Å². The number of halogens is 4. The molecule has 1 unspecified atom stereocenters. The zero-order chi connectivity index (χ0) is 21.3. The number of hydrogen-bond donors (Lipinski definition) is 1. The minimum Gasteiger partial charge on any atom is -0.493 e. The van der Waals surface area contributed by atoms with Crippen LogP contribution in [0.15, 0.2) is 30.5 Å². The van der Waals surface area contributed by atoms with Gasteiger partial charge >= 0.3 is 12.2 Å². The third kappa shape index (κ3) is 4.16. The number of anilines is 1. The van der Waals surface area contributed by atoms with Crippen LogP contribution in [0.25, 0.3) is 0 Å². The number of fused-ring (bicyclic) bond motifs is 1. The fraction of sp³-hybridized carbons (Fsp3) is 0.421. The van der Waals surface area contributed by atoms with Crippen LogP contribution in [0.5, 0.6) is 5.75 Å². The summed E-state index contributed by atoms with van der Waals surface area (Å²) in [5, 5.41) is 10.2. The van der Waals surface area contributed by atoms with E-state index in [9.17, 15) is 22.4 Å². The summed E-state index contributed by atoms with van der Waals surface area (Å²) in [4.78, 5) is 16.0. The zero-order valence-electron chi connectivity index (χ0n) is 15.8. The topological polar surface area (TPSA) is 70.6 Å². The molecule has 30 heavy (non-hydrogen) atoms. The Balaban J connectivity index is 1.43. The molecular formula is C19H19F4N5O2. The van der Waals surface area contributed by atoms with Gasteiger partial charge in [-0.1, -0.05) is 0 Å². The van der Waals surface area contributed by atoms with Crippen LogP contribution < -0.4 is 10.1 Å². The van der Waals surface area contributed by atoms with E-state index in [-0.39, 0.29) is 24.4 Å². The number of carbonyl (C=O) groups excluding carboxylic acids is 1. The van der Waals surface area contributed by atoms with E-state index in [4.69, 9.17) is 4.74 Å². The molecule has 2 aromatic rings. The average Bonchev–Trinajstić information content (AvgIpc) is 2.73. The number of hydrogen-bond acceptors (Lipinski definition) is 5. The normalized spacial score (nSPS) is 19.7. The van der Waals surface area contributed by atoms with Crippen molar-refractivity contribution in [2.75, 3.05) is 38.1 Å². The van der Waals surface area contributed by atoms with Gasteiger partial charge in [0.15, 0.2) is 5.82 Å². The van der Waals surface area contributed by atoms with Gasteiger partial charge in [0.05, 0.1) is 12.2 Å². The van der Waals surface area contributed by atoms with Crippen molar-refractivity contribution < 1.29 is 27.1 Å². The van der Waals surface area contributed by atoms with E-state index in [0.717, 1.165) is 12.1 Å². The van der Waals surface area contributed by atoms with Crippen LogP contribution in [0.1, 0.15) is 23.6 Å². The van der Waals surface area contributed by atoms with Gasteiger partial charge in [-0.2, -0.15) is 18.3 Å². The van der Waals surface area contributed by atoms with Crippen molar-refractivity contribution in [1.82, 2.24) is 20.0 Å². The maximum absolute atomic E-state index is 14.1. The lowest BCUT2D eigenvalue weighted by atomic mass is 9.96. The highest BCUT2D eigenvalue weighted by Crippen LogP contribution is 2.41. The minimum absolute atomic E-state index is 0.0581. The summed E-state index contributed by atoms with van der Waals surface area (Å²) in [5.41, 5.74) is -0.920. The smallest absolute Gasteiger partial charge is 0.419 e. The number of ether oxygens (including phenoxy) is 1. The third-order valence-corrected chi connectivity index (χ3v) is 5.26. The lowest BCUT2D eigenvalue weighted by molar-refractivity contribution is -0.140. The first kappa shape index (κ1) is 20.3. The van der Waals surface area contributed by atoms with Crippen LogP contribution in [0.3, 0.4) is 0 Å². The van der Waals surface area contributed by atoms with Crippen LogP contribution in [0, 0.1) is 5.82 Å². The van der Waals surface area contributed by atoms with E-state index >= 15 is 0 Å². The molecule has 160 valence electrons.